The summed E-state index contributed by atoms with van der Waals surface area (Å²) in [5, 5.41) is 0. The quantitative estimate of drug-likeness (QED) is 0.898. The number of nitrogens with two attached hydrogens (primary N) is 1. The zero-order valence-corrected chi connectivity index (χ0v) is 15.3. The summed E-state index contributed by atoms with van der Waals surface area (Å²) in [6, 6.07) is 5.80. The van der Waals surface area contributed by atoms with E-state index in [1.54, 1.807) is 0 Å². The van der Waals surface area contributed by atoms with Crippen LogP contribution in [0.1, 0.15) is 36.0 Å². The summed E-state index contributed by atoms with van der Waals surface area (Å²) < 4.78 is 5.95. The Bertz CT molecular complexity index is 741. The number of morpholine rings is 1. The first-order valence-electron chi connectivity index (χ1n) is 9.32. The van der Waals surface area contributed by atoms with Crippen molar-refractivity contribution >= 4 is 11.6 Å². The average Bonchev–Trinajstić information content (AvgIpc) is 3.16. The molecule has 2 aromatic rings. The fraction of sp³-hybridized carbons (Fsp3) is 0.526. The van der Waals surface area contributed by atoms with Gasteiger partial charge in [-0.1, -0.05) is 0 Å². The van der Waals surface area contributed by atoms with Crippen LogP contribution >= 0.6 is 0 Å². The number of aromatic nitrogens is 3. The van der Waals surface area contributed by atoms with Crippen molar-refractivity contribution in [1.82, 2.24) is 19.9 Å². The lowest BCUT2D eigenvalue weighted by Crippen LogP contribution is -2.38. The van der Waals surface area contributed by atoms with Crippen LogP contribution in [0.3, 0.4) is 0 Å². The third-order valence-corrected chi connectivity index (χ3v) is 4.95. The molecule has 0 unspecified atom stereocenters. The molecule has 2 saturated heterocycles. The Kier molecular flexibility index (Phi) is 4.99. The fourth-order valence-electron chi connectivity index (χ4n) is 3.68. The number of rotatable bonds is 4. The van der Waals surface area contributed by atoms with Crippen molar-refractivity contribution in [2.75, 3.05) is 43.4 Å². The summed E-state index contributed by atoms with van der Waals surface area (Å²) in [6.07, 6.45) is 4.28. The number of anilines is 2. The Morgan fingerprint density at radius 2 is 2.04 bits per heavy atom. The predicted octanol–water partition coefficient (Wildman–Crippen LogP) is 1.94. The Morgan fingerprint density at radius 3 is 2.85 bits per heavy atom. The van der Waals surface area contributed by atoms with Gasteiger partial charge in [0.1, 0.15) is 6.10 Å². The molecule has 0 radical (unpaired) electrons. The Hall–Kier alpha value is -2.25. The van der Waals surface area contributed by atoms with E-state index in [1.165, 1.54) is 12.8 Å². The van der Waals surface area contributed by atoms with E-state index in [9.17, 15) is 0 Å². The molecule has 7 heteroatoms. The van der Waals surface area contributed by atoms with Gasteiger partial charge >= 0.3 is 0 Å². The molecule has 2 fully saturated rings. The molecule has 138 valence electrons. The molecule has 4 rings (SSSR count). The van der Waals surface area contributed by atoms with Crippen molar-refractivity contribution in [2.45, 2.75) is 32.4 Å². The van der Waals surface area contributed by atoms with Crippen LogP contribution in [0.15, 0.2) is 24.4 Å². The molecule has 26 heavy (non-hydrogen) atoms. The minimum atomic E-state index is -0.0501. The summed E-state index contributed by atoms with van der Waals surface area (Å²) >= 11 is 0. The second kappa shape index (κ2) is 7.55. The average molecular weight is 354 g/mol. The summed E-state index contributed by atoms with van der Waals surface area (Å²) in [5.74, 6) is 0.859. The lowest BCUT2D eigenvalue weighted by atomic mass is 10.1. The van der Waals surface area contributed by atoms with Crippen LogP contribution in [0.2, 0.25) is 0 Å². The first-order chi connectivity index (χ1) is 12.7. The molecule has 1 atom stereocenters. The smallest absolute Gasteiger partial charge is 0.225 e. The zero-order chi connectivity index (χ0) is 17.9. The number of ether oxygens (including phenoxy) is 1. The van der Waals surface area contributed by atoms with E-state index in [2.05, 4.69) is 19.8 Å². The standard InChI is InChI=1S/C19H26N6O/c1-14-10-15(20)11-17(22-14)18-13-24(8-9-26-18)12-16-4-5-21-19(23-16)25-6-2-3-7-25/h4-5,10-11,18H,2-3,6-9,12-13H2,1H3,(H2,20,22)/t18-/m0/s1. The van der Waals surface area contributed by atoms with Crippen molar-refractivity contribution in [3.05, 3.63) is 41.5 Å². The zero-order valence-electron chi connectivity index (χ0n) is 15.3. The normalized spacial score (nSPS) is 21.3. The van der Waals surface area contributed by atoms with Crippen LogP contribution in [0.4, 0.5) is 11.6 Å². The number of nitrogens with zero attached hydrogens (tertiary/aromatic N) is 5. The maximum absolute atomic E-state index is 5.97. The Balaban J connectivity index is 1.44. The molecule has 0 saturated carbocycles. The van der Waals surface area contributed by atoms with E-state index in [0.717, 1.165) is 61.4 Å². The van der Waals surface area contributed by atoms with Gasteiger partial charge in [0.2, 0.25) is 5.95 Å². The van der Waals surface area contributed by atoms with E-state index in [1.807, 2.05) is 31.3 Å². The van der Waals surface area contributed by atoms with Crippen molar-refractivity contribution < 1.29 is 4.74 Å². The van der Waals surface area contributed by atoms with E-state index in [-0.39, 0.29) is 6.10 Å². The minimum Gasteiger partial charge on any atom is -0.399 e. The lowest BCUT2D eigenvalue weighted by molar-refractivity contribution is -0.0353. The highest BCUT2D eigenvalue weighted by Crippen LogP contribution is 2.24. The number of pyridine rings is 1. The van der Waals surface area contributed by atoms with Gasteiger partial charge in [0.25, 0.3) is 0 Å². The molecule has 2 aromatic heterocycles. The third kappa shape index (κ3) is 3.94. The number of hydrogen-bond donors (Lipinski definition) is 1. The monoisotopic (exact) mass is 354 g/mol. The maximum atomic E-state index is 5.97. The van der Waals surface area contributed by atoms with Gasteiger partial charge in [0, 0.05) is 50.3 Å². The fourth-order valence-corrected chi connectivity index (χ4v) is 3.68. The van der Waals surface area contributed by atoms with Gasteiger partial charge in [-0.2, -0.15) is 0 Å². The second-order valence-corrected chi connectivity index (χ2v) is 7.10. The van der Waals surface area contributed by atoms with Gasteiger partial charge in [-0.05, 0) is 38.0 Å². The molecule has 2 aliphatic rings. The summed E-state index contributed by atoms with van der Waals surface area (Å²) in [4.78, 5) is 18.5. The molecular weight excluding hydrogens is 328 g/mol. The molecule has 7 nitrogen and oxygen atoms in total. The molecule has 0 aliphatic carbocycles. The summed E-state index contributed by atoms with van der Waals surface area (Å²) in [7, 11) is 0. The molecular formula is C19H26N6O. The van der Waals surface area contributed by atoms with Crippen LogP contribution in [0.25, 0.3) is 0 Å². The van der Waals surface area contributed by atoms with Crippen LogP contribution in [0.5, 0.6) is 0 Å². The van der Waals surface area contributed by atoms with Crippen molar-refractivity contribution in [2.24, 2.45) is 0 Å². The lowest BCUT2D eigenvalue weighted by Gasteiger charge is -2.32. The first kappa shape index (κ1) is 17.2. The Morgan fingerprint density at radius 1 is 1.19 bits per heavy atom. The Labute approximate surface area is 154 Å². The summed E-state index contributed by atoms with van der Waals surface area (Å²) in [5.41, 5.74) is 9.59. The molecule has 2 aliphatic heterocycles. The molecule has 0 bridgehead atoms. The predicted molar refractivity (Wildman–Crippen MR) is 101 cm³/mol. The highest BCUT2D eigenvalue weighted by molar-refractivity contribution is 5.40. The van der Waals surface area contributed by atoms with Crippen molar-refractivity contribution in [3.8, 4) is 0 Å². The molecule has 0 spiro atoms. The molecule has 0 amide bonds. The largest absolute Gasteiger partial charge is 0.399 e. The molecule has 4 heterocycles. The first-order valence-corrected chi connectivity index (χ1v) is 9.32. The van der Waals surface area contributed by atoms with Crippen molar-refractivity contribution in [3.63, 3.8) is 0 Å². The number of hydrogen-bond acceptors (Lipinski definition) is 7. The molecule has 0 aromatic carbocycles. The maximum Gasteiger partial charge on any atom is 0.225 e. The third-order valence-electron chi connectivity index (χ3n) is 4.95. The minimum absolute atomic E-state index is 0.0501. The van der Waals surface area contributed by atoms with Crippen LogP contribution in [-0.2, 0) is 11.3 Å². The molecule has 2 N–H and O–H groups in total. The van der Waals surface area contributed by atoms with Gasteiger partial charge in [-0.25, -0.2) is 9.97 Å². The van der Waals surface area contributed by atoms with Crippen molar-refractivity contribution in [1.29, 1.82) is 0 Å². The number of aryl methyl sites for hydroxylation is 1. The van der Waals surface area contributed by atoms with E-state index in [0.29, 0.717) is 6.61 Å². The van der Waals surface area contributed by atoms with E-state index in [4.69, 9.17) is 15.5 Å². The van der Waals surface area contributed by atoms with Crippen LogP contribution in [-0.4, -0.2) is 52.6 Å². The van der Waals surface area contributed by atoms with Gasteiger partial charge in [-0.3, -0.25) is 9.88 Å². The highest BCUT2D eigenvalue weighted by Gasteiger charge is 2.24. The van der Waals surface area contributed by atoms with E-state index < -0.39 is 0 Å². The van der Waals surface area contributed by atoms with Gasteiger partial charge < -0.3 is 15.4 Å². The summed E-state index contributed by atoms with van der Waals surface area (Å²) in [6.45, 7) is 7.24. The second-order valence-electron chi connectivity index (χ2n) is 7.10. The van der Waals surface area contributed by atoms with Crippen LogP contribution < -0.4 is 10.6 Å². The topological polar surface area (TPSA) is 80.4 Å². The SMILES string of the molecule is Cc1cc(N)cc([C@@H]2CN(Cc3ccnc(N4CCCC4)n3)CCO2)n1. The van der Waals surface area contributed by atoms with E-state index >= 15 is 0 Å². The highest BCUT2D eigenvalue weighted by atomic mass is 16.5. The number of nitrogen functional groups attached to an aromatic ring is 1. The van der Waals surface area contributed by atoms with Gasteiger partial charge in [-0.15, -0.1) is 0 Å². The van der Waals surface area contributed by atoms with Crippen LogP contribution in [0, 0.1) is 6.92 Å². The van der Waals surface area contributed by atoms with Gasteiger partial charge in [0.05, 0.1) is 18.0 Å². The van der Waals surface area contributed by atoms with Gasteiger partial charge in [0.15, 0.2) is 0 Å².